The van der Waals surface area contributed by atoms with Crippen LogP contribution in [-0.2, 0) is 4.79 Å². The molecular weight excluding hydrogens is 330 g/mol. The van der Waals surface area contributed by atoms with E-state index in [1.54, 1.807) is 22.2 Å². The van der Waals surface area contributed by atoms with Crippen LogP contribution in [0.25, 0.3) is 0 Å². The van der Waals surface area contributed by atoms with Gasteiger partial charge in [0.2, 0.25) is 5.91 Å². The van der Waals surface area contributed by atoms with E-state index in [2.05, 4.69) is 5.32 Å². The minimum atomic E-state index is 0.0316. The number of hydrogen-bond acceptors (Lipinski definition) is 2. The highest BCUT2D eigenvalue weighted by Crippen LogP contribution is 2.24. The molecule has 118 valence electrons. The van der Waals surface area contributed by atoms with Crippen LogP contribution in [0.3, 0.4) is 0 Å². The molecule has 4 nitrogen and oxygen atoms in total. The first-order valence-corrected chi connectivity index (χ1v) is 8.07. The van der Waals surface area contributed by atoms with Gasteiger partial charge < -0.3 is 5.32 Å². The summed E-state index contributed by atoms with van der Waals surface area (Å²) in [4.78, 5) is 12.3. The standard InChI is InChI=1S/C17H16ClN3OS/c1-12-5-7-15(8-6-12)21-16(22)9-10-20(21)17(23)19-14-4-2-3-13(18)11-14/h2-8,11H,9-10H2,1H3,(H,19,23). The van der Waals surface area contributed by atoms with E-state index >= 15 is 0 Å². The Labute approximate surface area is 145 Å². The number of amides is 1. The molecule has 1 aliphatic heterocycles. The molecule has 1 saturated heterocycles. The summed E-state index contributed by atoms with van der Waals surface area (Å²) in [6.45, 7) is 2.57. The molecule has 0 unspecified atom stereocenters. The van der Waals surface area contributed by atoms with Crippen LogP contribution in [0, 0.1) is 6.92 Å². The third-order valence-electron chi connectivity index (χ3n) is 3.60. The summed E-state index contributed by atoms with van der Waals surface area (Å²) in [6, 6.07) is 15.1. The largest absolute Gasteiger partial charge is 0.331 e. The van der Waals surface area contributed by atoms with E-state index in [9.17, 15) is 4.79 Å². The lowest BCUT2D eigenvalue weighted by Gasteiger charge is -2.30. The molecule has 2 aromatic rings. The molecule has 23 heavy (non-hydrogen) atoms. The van der Waals surface area contributed by atoms with Gasteiger partial charge in [-0.3, -0.25) is 9.80 Å². The van der Waals surface area contributed by atoms with Crippen LogP contribution in [0.4, 0.5) is 11.4 Å². The molecule has 0 saturated carbocycles. The molecule has 0 spiro atoms. The van der Waals surface area contributed by atoms with Gasteiger partial charge in [-0.05, 0) is 49.5 Å². The Bertz CT molecular complexity index is 748. The number of benzene rings is 2. The Balaban J connectivity index is 1.81. The van der Waals surface area contributed by atoms with Gasteiger partial charge >= 0.3 is 0 Å². The lowest BCUT2D eigenvalue weighted by Crippen LogP contribution is -2.45. The number of hydrogen-bond donors (Lipinski definition) is 1. The number of nitrogens with one attached hydrogen (secondary N) is 1. The van der Waals surface area contributed by atoms with Gasteiger partial charge in [0.1, 0.15) is 0 Å². The zero-order chi connectivity index (χ0) is 16.4. The third-order valence-corrected chi connectivity index (χ3v) is 4.15. The van der Waals surface area contributed by atoms with Crippen molar-refractivity contribution >= 4 is 46.2 Å². The average molecular weight is 346 g/mol. The summed E-state index contributed by atoms with van der Waals surface area (Å²) in [5.41, 5.74) is 2.76. The quantitative estimate of drug-likeness (QED) is 0.834. The van der Waals surface area contributed by atoms with Crippen molar-refractivity contribution in [1.29, 1.82) is 0 Å². The number of carbonyl (C=O) groups is 1. The fraction of sp³-hybridized carbons (Fsp3) is 0.176. The van der Waals surface area contributed by atoms with Crippen molar-refractivity contribution in [2.75, 3.05) is 16.9 Å². The molecule has 3 rings (SSSR count). The predicted molar refractivity (Wildman–Crippen MR) is 97.7 cm³/mol. The molecule has 0 aliphatic carbocycles. The monoisotopic (exact) mass is 345 g/mol. The SMILES string of the molecule is Cc1ccc(N2C(=O)CCN2C(=S)Nc2cccc(Cl)c2)cc1. The van der Waals surface area contributed by atoms with Crippen LogP contribution in [0.15, 0.2) is 48.5 Å². The number of anilines is 2. The minimum absolute atomic E-state index is 0.0316. The molecule has 2 aromatic carbocycles. The van der Waals surface area contributed by atoms with Crippen LogP contribution < -0.4 is 10.3 Å². The number of halogens is 1. The number of carbonyl (C=O) groups excluding carboxylic acids is 1. The number of rotatable bonds is 2. The lowest BCUT2D eigenvalue weighted by atomic mass is 10.2. The Morgan fingerprint density at radius 1 is 1.22 bits per heavy atom. The van der Waals surface area contributed by atoms with E-state index < -0.39 is 0 Å². The van der Waals surface area contributed by atoms with Crippen LogP contribution >= 0.6 is 23.8 Å². The van der Waals surface area contributed by atoms with Crippen molar-refractivity contribution in [1.82, 2.24) is 5.01 Å². The van der Waals surface area contributed by atoms with E-state index in [0.717, 1.165) is 16.9 Å². The fourth-order valence-corrected chi connectivity index (χ4v) is 2.94. The van der Waals surface area contributed by atoms with Crippen molar-refractivity contribution in [2.24, 2.45) is 0 Å². The van der Waals surface area contributed by atoms with E-state index in [-0.39, 0.29) is 5.91 Å². The van der Waals surface area contributed by atoms with Crippen molar-refractivity contribution < 1.29 is 4.79 Å². The Kier molecular flexibility index (Phi) is 4.50. The van der Waals surface area contributed by atoms with Gasteiger partial charge in [0.05, 0.1) is 12.2 Å². The lowest BCUT2D eigenvalue weighted by molar-refractivity contribution is -0.117. The third kappa shape index (κ3) is 3.46. The summed E-state index contributed by atoms with van der Waals surface area (Å²) < 4.78 is 0. The van der Waals surface area contributed by atoms with E-state index in [1.807, 2.05) is 43.3 Å². The number of thiocarbonyl (C=S) groups is 1. The average Bonchev–Trinajstić information content (AvgIpc) is 2.90. The second-order valence-electron chi connectivity index (χ2n) is 5.35. The maximum Gasteiger partial charge on any atom is 0.247 e. The highest BCUT2D eigenvalue weighted by Gasteiger charge is 2.32. The van der Waals surface area contributed by atoms with Crippen molar-refractivity contribution in [2.45, 2.75) is 13.3 Å². The van der Waals surface area contributed by atoms with Gasteiger partial charge in [-0.1, -0.05) is 35.4 Å². The smallest absolute Gasteiger partial charge is 0.247 e. The minimum Gasteiger partial charge on any atom is -0.331 e. The molecule has 6 heteroatoms. The maximum atomic E-state index is 12.3. The predicted octanol–water partition coefficient (Wildman–Crippen LogP) is 4.00. The molecule has 1 N–H and O–H groups in total. The Morgan fingerprint density at radius 3 is 2.65 bits per heavy atom. The molecular formula is C17H16ClN3OS. The molecule has 0 atom stereocenters. The van der Waals surface area contributed by atoms with Gasteiger partial charge in [0.15, 0.2) is 5.11 Å². The van der Waals surface area contributed by atoms with E-state index in [0.29, 0.717) is 23.1 Å². The number of nitrogens with zero attached hydrogens (tertiary/aromatic N) is 2. The number of aryl methyl sites for hydroxylation is 1. The van der Waals surface area contributed by atoms with Crippen LogP contribution in [-0.4, -0.2) is 22.6 Å². The molecule has 0 radical (unpaired) electrons. The summed E-state index contributed by atoms with van der Waals surface area (Å²) >= 11 is 11.5. The summed E-state index contributed by atoms with van der Waals surface area (Å²) in [7, 11) is 0. The van der Waals surface area contributed by atoms with Crippen molar-refractivity contribution in [3.05, 3.63) is 59.1 Å². The van der Waals surface area contributed by atoms with Crippen molar-refractivity contribution in [3.63, 3.8) is 0 Å². The van der Waals surface area contributed by atoms with Crippen molar-refractivity contribution in [3.8, 4) is 0 Å². The number of hydrazine groups is 1. The van der Waals surface area contributed by atoms with Gasteiger partial charge in [0, 0.05) is 17.1 Å². The van der Waals surface area contributed by atoms with Gasteiger partial charge in [-0.25, -0.2) is 5.01 Å². The normalized spacial score (nSPS) is 14.3. The van der Waals surface area contributed by atoms with E-state index in [1.165, 1.54) is 0 Å². The Morgan fingerprint density at radius 2 is 1.96 bits per heavy atom. The molecule has 0 bridgehead atoms. The van der Waals surface area contributed by atoms with Gasteiger partial charge in [-0.15, -0.1) is 0 Å². The van der Waals surface area contributed by atoms with Gasteiger partial charge in [0.25, 0.3) is 0 Å². The van der Waals surface area contributed by atoms with E-state index in [4.69, 9.17) is 23.8 Å². The first-order chi connectivity index (χ1) is 11.0. The fourth-order valence-electron chi connectivity index (χ4n) is 2.46. The highest BCUT2D eigenvalue weighted by atomic mass is 35.5. The van der Waals surface area contributed by atoms with Crippen LogP contribution in [0.2, 0.25) is 5.02 Å². The second kappa shape index (κ2) is 6.56. The first kappa shape index (κ1) is 15.8. The van der Waals surface area contributed by atoms with Crippen LogP contribution in [0.1, 0.15) is 12.0 Å². The first-order valence-electron chi connectivity index (χ1n) is 7.28. The molecule has 1 fully saturated rings. The van der Waals surface area contributed by atoms with Crippen LogP contribution in [0.5, 0.6) is 0 Å². The highest BCUT2D eigenvalue weighted by molar-refractivity contribution is 7.80. The summed E-state index contributed by atoms with van der Waals surface area (Å²) in [5, 5.41) is 7.64. The Hall–Kier alpha value is -2.11. The zero-order valence-electron chi connectivity index (χ0n) is 12.6. The maximum absolute atomic E-state index is 12.3. The molecule has 0 aromatic heterocycles. The summed E-state index contributed by atoms with van der Waals surface area (Å²) in [6.07, 6.45) is 0.436. The topological polar surface area (TPSA) is 35.6 Å². The second-order valence-corrected chi connectivity index (χ2v) is 6.18. The van der Waals surface area contributed by atoms with Gasteiger partial charge in [-0.2, -0.15) is 0 Å². The molecule has 1 amide bonds. The zero-order valence-corrected chi connectivity index (χ0v) is 14.2. The molecule has 1 aliphatic rings. The molecule has 1 heterocycles. The summed E-state index contributed by atoms with van der Waals surface area (Å²) in [5.74, 6) is 0.0316.